The van der Waals surface area contributed by atoms with Crippen LogP contribution in [0, 0.1) is 50.7 Å². The number of rotatable bonds is 4. The average Bonchev–Trinajstić information content (AvgIpc) is 2.98. The molecule has 1 saturated heterocycles. The first-order valence-electron chi connectivity index (χ1n) is 15.0. The van der Waals surface area contributed by atoms with Gasteiger partial charge in [-0.25, -0.2) is 4.39 Å². The smallest absolute Gasteiger partial charge is 1.00 e. The Balaban J connectivity index is 0.000000677. The van der Waals surface area contributed by atoms with Crippen molar-refractivity contribution in [3.63, 3.8) is 0 Å². The number of hydrogen-bond acceptors (Lipinski definition) is 10. The van der Waals surface area contributed by atoms with E-state index in [0.717, 1.165) is 62.2 Å². The molecule has 4 aliphatic rings. The minimum absolute atomic E-state index is 0. The summed E-state index contributed by atoms with van der Waals surface area (Å²) in [5.74, 6) is 0.466. The zero-order valence-electron chi connectivity index (χ0n) is 28.6. The molecular formula is C32H40FK2N3O9. The van der Waals surface area contributed by atoms with Crippen molar-refractivity contribution in [3.8, 4) is 0 Å². The molecule has 0 aromatic heterocycles. The molecule has 6 rings (SSSR count). The van der Waals surface area contributed by atoms with Gasteiger partial charge in [-0.2, -0.15) is 0 Å². The van der Waals surface area contributed by atoms with E-state index in [1.54, 1.807) is 12.1 Å². The SMILES string of the molecule is Cc1cc([N+](=O)[O-])ccc1F.Cc1cc([N+](=O)[O-])ccc1N1CC2(CCC(=O)CC2)C1.O=C1CCC2(CCC2)CC1.O=CO[O-].[H-].[K+].[K+]. The van der Waals surface area contributed by atoms with Crippen LogP contribution in [0.4, 0.5) is 21.5 Å². The summed E-state index contributed by atoms with van der Waals surface area (Å²) in [7, 11) is 0. The topological polar surface area (TPSA) is 173 Å². The Morgan fingerprint density at radius 1 is 0.787 bits per heavy atom. The van der Waals surface area contributed by atoms with Crippen molar-refractivity contribution >= 4 is 35.1 Å². The van der Waals surface area contributed by atoms with Gasteiger partial charge in [0, 0.05) is 74.1 Å². The van der Waals surface area contributed by atoms with Gasteiger partial charge in [0.2, 0.25) is 0 Å². The Morgan fingerprint density at radius 3 is 1.57 bits per heavy atom. The molecular weight excluding hydrogens is 668 g/mol. The first-order chi connectivity index (χ1) is 21.3. The van der Waals surface area contributed by atoms with Crippen LogP contribution in [-0.2, 0) is 19.3 Å². The number of ketones is 2. The van der Waals surface area contributed by atoms with E-state index >= 15 is 0 Å². The van der Waals surface area contributed by atoms with Crippen molar-refractivity contribution in [1.82, 2.24) is 0 Å². The Labute approximate surface area is 360 Å². The van der Waals surface area contributed by atoms with Gasteiger partial charge in [0.25, 0.3) is 17.8 Å². The number of carbonyl (C=O) groups excluding carboxylic acids is 3. The molecule has 0 unspecified atom stereocenters. The predicted molar refractivity (Wildman–Crippen MR) is 162 cm³/mol. The van der Waals surface area contributed by atoms with Gasteiger partial charge >= 0.3 is 103 Å². The Bertz CT molecular complexity index is 1400. The van der Waals surface area contributed by atoms with Crippen LogP contribution in [0.5, 0.6) is 0 Å². The number of nitro benzene ring substituents is 2. The second-order valence-corrected chi connectivity index (χ2v) is 12.4. The van der Waals surface area contributed by atoms with Gasteiger partial charge in [-0.15, -0.1) is 0 Å². The molecule has 2 spiro atoms. The van der Waals surface area contributed by atoms with Crippen molar-refractivity contribution in [2.75, 3.05) is 18.0 Å². The van der Waals surface area contributed by atoms with Crippen LogP contribution < -0.4 is 113 Å². The van der Waals surface area contributed by atoms with Crippen LogP contribution in [0.3, 0.4) is 0 Å². The minimum atomic E-state index is -0.549. The fourth-order valence-corrected chi connectivity index (χ4v) is 6.40. The maximum absolute atomic E-state index is 12.5. The van der Waals surface area contributed by atoms with Gasteiger partial charge in [0.15, 0.2) is 0 Å². The van der Waals surface area contributed by atoms with Crippen LogP contribution in [0.25, 0.3) is 0 Å². The molecule has 2 aromatic rings. The normalized spacial score (nSPS) is 18.0. The maximum atomic E-state index is 12.5. The number of non-ortho nitro benzene ring substituents is 2. The second kappa shape index (κ2) is 20.6. The number of Topliss-reactive ketones (excluding diaryl/α,β-unsaturated/α-hetero) is 2. The number of hydrogen-bond donors (Lipinski definition) is 0. The van der Waals surface area contributed by atoms with Gasteiger partial charge in [0.1, 0.15) is 17.4 Å². The summed E-state index contributed by atoms with van der Waals surface area (Å²) in [5.41, 5.74) is 3.35. The molecule has 246 valence electrons. The summed E-state index contributed by atoms with van der Waals surface area (Å²) in [6.07, 6.45) is 11.8. The number of nitro groups is 2. The first kappa shape index (κ1) is 44.0. The van der Waals surface area contributed by atoms with E-state index in [4.69, 9.17) is 10.1 Å². The van der Waals surface area contributed by atoms with Crippen molar-refractivity contribution < 1.29 is 143 Å². The molecule has 15 heteroatoms. The molecule has 0 bridgehead atoms. The van der Waals surface area contributed by atoms with E-state index < -0.39 is 10.7 Å². The van der Waals surface area contributed by atoms with E-state index in [0.29, 0.717) is 40.8 Å². The predicted octanol–water partition coefficient (Wildman–Crippen LogP) is -0.250. The number of nitrogens with zero attached hydrogens (tertiary/aromatic N) is 3. The summed E-state index contributed by atoms with van der Waals surface area (Å²) in [6.45, 7) is 5.16. The molecule has 4 fully saturated rings. The third kappa shape index (κ3) is 13.0. The molecule has 0 atom stereocenters. The fraction of sp³-hybridized carbons (Fsp3) is 0.531. The molecule has 12 nitrogen and oxygen atoms in total. The zero-order chi connectivity index (χ0) is 33.2. The van der Waals surface area contributed by atoms with Crippen LogP contribution in [0.1, 0.15) is 83.2 Å². The van der Waals surface area contributed by atoms with Crippen LogP contribution in [0.2, 0.25) is 0 Å². The number of benzene rings is 2. The van der Waals surface area contributed by atoms with E-state index in [9.17, 15) is 34.2 Å². The summed E-state index contributed by atoms with van der Waals surface area (Å²) < 4.78 is 12.5. The second-order valence-electron chi connectivity index (χ2n) is 12.4. The fourth-order valence-electron chi connectivity index (χ4n) is 6.40. The van der Waals surface area contributed by atoms with E-state index in [1.807, 2.05) is 13.0 Å². The van der Waals surface area contributed by atoms with Gasteiger partial charge in [-0.1, -0.05) is 6.42 Å². The number of aryl methyl sites for hydroxylation is 2. The Kier molecular flexibility index (Phi) is 19.3. The van der Waals surface area contributed by atoms with Crippen LogP contribution >= 0.6 is 0 Å². The van der Waals surface area contributed by atoms with Gasteiger partial charge in [0.05, 0.1) is 9.85 Å². The van der Waals surface area contributed by atoms with Gasteiger partial charge < -0.3 is 16.5 Å². The third-order valence-corrected chi connectivity index (χ3v) is 9.33. The van der Waals surface area contributed by atoms with E-state index in [-0.39, 0.29) is 127 Å². The van der Waals surface area contributed by atoms with E-state index in [2.05, 4.69) is 9.79 Å². The molecule has 0 N–H and O–H groups in total. The number of anilines is 1. The van der Waals surface area contributed by atoms with Gasteiger partial charge in [-0.3, -0.25) is 34.6 Å². The maximum Gasteiger partial charge on any atom is 1.00 e. The van der Waals surface area contributed by atoms with Crippen molar-refractivity contribution in [2.24, 2.45) is 10.8 Å². The number of halogens is 1. The zero-order valence-corrected chi connectivity index (χ0v) is 33.9. The minimum Gasteiger partial charge on any atom is -1.00 e. The first-order valence-corrected chi connectivity index (χ1v) is 15.0. The molecule has 0 amide bonds. The van der Waals surface area contributed by atoms with Crippen LogP contribution in [0.15, 0.2) is 36.4 Å². The van der Waals surface area contributed by atoms with Gasteiger partial charge in [-0.05, 0) is 81.0 Å². The largest absolute Gasteiger partial charge is 1.00 e. The van der Waals surface area contributed by atoms with E-state index in [1.165, 1.54) is 45.1 Å². The average molecular weight is 708 g/mol. The summed E-state index contributed by atoms with van der Waals surface area (Å²) in [5, 5.41) is 29.3. The van der Waals surface area contributed by atoms with Crippen molar-refractivity contribution in [3.05, 3.63) is 73.6 Å². The molecule has 1 heterocycles. The quantitative estimate of drug-likeness (QED) is 0.136. The molecule has 3 saturated carbocycles. The van der Waals surface area contributed by atoms with Crippen molar-refractivity contribution in [1.29, 1.82) is 0 Å². The molecule has 2 aromatic carbocycles. The molecule has 0 radical (unpaired) electrons. The number of carbonyl (C=O) groups is 3. The third-order valence-electron chi connectivity index (χ3n) is 9.33. The molecule has 1 aliphatic heterocycles. The Hall–Kier alpha value is -0.987. The monoisotopic (exact) mass is 707 g/mol. The summed E-state index contributed by atoms with van der Waals surface area (Å²) in [6, 6.07) is 8.47. The van der Waals surface area contributed by atoms with Crippen LogP contribution in [-0.4, -0.2) is 41.0 Å². The molecule has 47 heavy (non-hydrogen) atoms. The standard InChI is InChI=1S/C15H18N2O3.C9H14O.C7H6FNO2.CH2O3.2K.H/c1-11-8-12(17(19)20)2-3-14(11)16-9-15(10-16)6-4-13(18)5-7-15;10-8-2-6-9(7-3-8)4-1-5-9;1-5-4-6(9(10)11)2-3-7(5)8;2-1-4-3;;;/h2-3,8H,4-7,9-10H2,1H3;1-7H2;2-4H,1H3;1,3H;;;/q;;;;2*+1;-1/p-1. The summed E-state index contributed by atoms with van der Waals surface area (Å²) in [4.78, 5) is 55.7. The van der Waals surface area contributed by atoms with Crippen molar-refractivity contribution in [2.45, 2.75) is 84.5 Å². The molecule has 3 aliphatic carbocycles. The Morgan fingerprint density at radius 2 is 1.21 bits per heavy atom. The summed E-state index contributed by atoms with van der Waals surface area (Å²) >= 11 is 0.